The predicted molar refractivity (Wildman–Crippen MR) is 93.9 cm³/mol. The van der Waals surface area contributed by atoms with Crippen molar-refractivity contribution in [3.63, 3.8) is 0 Å². The predicted octanol–water partition coefficient (Wildman–Crippen LogP) is 3.24. The molecule has 1 amide bonds. The molecule has 26 heavy (non-hydrogen) atoms. The van der Waals surface area contributed by atoms with E-state index in [-0.39, 0.29) is 12.7 Å². The van der Waals surface area contributed by atoms with Crippen LogP contribution < -0.4 is 15.8 Å². The van der Waals surface area contributed by atoms with Crippen LogP contribution in [0.2, 0.25) is 5.02 Å². The van der Waals surface area contributed by atoms with Gasteiger partial charge in [-0.2, -0.15) is 4.68 Å². The molecule has 0 spiro atoms. The Kier molecular flexibility index (Phi) is 5.23. The van der Waals surface area contributed by atoms with E-state index in [1.54, 1.807) is 48.5 Å². The van der Waals surface area contributed by atoms with Crippen molar-refractivity contribution < 1.29 is 18.7 Å². The normalized spacial score (nSPS) is 10.4. The summed E-state index contributed by atoms with van der Waals surface area (Å²) in [4.78, 5) is 23.5. The molecule has 2 aromatic carbocycles. The number of nitrogens with zero attached hydrogens (tertiary/aromatic N) is 2. The van der Waals surface area contributed by atoms with Crippen molar-refractivity contribution >= 4 is 23.4 Å². The van der Waals surface area contributed by atoms with E-state index in [1.807, 2.05) is 0 Å². The molecule has 3 aromatic rings. The Bertz CT molecular complexity index is 948. The highest BCUT2D eigenvalue weighted by Gasteiger charge is 2.10. The summed E-state index contributed by atoms with van der Waals surface area (Å²) in [5.74, 6) is -0.676. The topological polar surface area (TPSA) is 95.6 Å². The minimum absolute atomic E-state index is 0.120. The zero-order valence-electron chi connectivity index (χ0n) is 13.6. The van der Waals surface area contributed by atoms with Crippen LogP contribution in [0.1, 0.15) is 5.56 Å². The number of carbonyl (C=O) groups excluding carboxylic acids is 1. The highest BCUT2D eigenvalue weighted by Crippen LogP contribution is 2.14. The highest BCUT2D eigenvalue weighted by molar-refractivity contribution is 6.30. The molecule has 0 radical (unpaired) electrons. The van der Waals surface area contributed by atoms with Gasteiger partial charge in [-0.15, -0.1) is 0 Å². The van der Waals surface area contributed by atoms with E-state index in [0.717, 1.165) is 10.2 Å². The number of anilines is 1. The summed E-state index contributed by atoms with van der Waals surface area (Å²) < 4.78 is 15.7. The van der Waals surface area contributed by atoms with Crippen molar-refractivity contribution in [2.75, 3.05) is 12.4 Å². The van der Waals surface area contributed by atoms with Gasteiger partial charge in [0.2, 0.25) is 0 Å². The fraction of sp³-hybridized carbons (Fsp3) is 0.118. The lowest BCUT2D eigenvalue weighted by molar-refractivity contribution is 0.155. The van der Waals surface area contributed by atoms with Crippen molar-refractivity contribution in [1.29, 1.82) is 0 Å². The number of hydrogen-bond donors (Lipinski definition) is 1. The van der Waals surface area contributed by atoms with Crippen molar-refractivity contribution in [1.82, 2.24) is 9.78 Å². The van der Waals surface area contributed by atoms with Crippen molar-refractivity contribution in [3.8, 4) is 11.8 Å². The number of aromatic nitrogens is 2. The number of rotatable bonds is 5. The van der Waals surface area contributed by atoms with E-state index in [0.29, 0.717) is 16.4 Å². The Morgan fingerprint density at radius 3 is 2.50 bits per heavy atom. The van der Waals surface area contributed by atoms with E-state index >= 15 is 0 Å². The third-order valence-electron chi connectivity index (χ3n) is 3.35. The molecule has 0 aliphatic heterocycles. The maximum absolute atomic E-state index is 11.8. The highest BCUT2D eigenvalue weighted by atomic mass is 35.5. The van der Waals surface area contributed by atoms with Crippen LogP contribution >= 0.6 is 11.6 Å². The average Bonchev–Trinajstić information content (AvgIpc) is 3.03. The largest absolute Gasteiger partial charge is 0.452 e. The van der Waals surface area contributed by atoms with Gasteiger partial charge < -0.3 is 13.9 Å². The molecule has 0 unspecified atom stereocenters. The Balaban J connectivity index is 1.59. The smallest absolute Gasteiger partial charge is 0.444 e. The monoisotopic (exact) mass is 375 g/mol. The maximum atomic E-state index is 11.8. The van der Waals surface area contributed by atoms with Crippen LogP contribution in [0, 0.1) is 0 Å². The van der Waals surface area contributed by atoms with Crippen LogP contribution in [0.25, 0.3) is 5.69 Å². The van der Waals surface area contributed by atoms with E-state index in [2.05, 4.69) is 10.4 Å². The van der Waals surface area contributed by atoms with E-state index in [9.17, 15) is 9.59 Å². The first kappa shape index (κ1) is 17.6. The van der Waals surface area contributed by atoms with Crippen LogP contribution in [0.5, 0.6) is 6.08 Å². The second-order valence-electron chi connectivity index (χ2n) is 5.12. The van der Waals surface area contributed by atoms with Gasteiger partial charge in [0.25, 0.3) is 0 Å². The summed E-state index contributed by atoms with van der Waals surface area (Å²) in [7, 11) is 1.35. The van der Waals surface area contributed by atoms with Gasteiger partial charge in [0.05, 0.1) is 12.8 Å². The van der Waals surface area contributed by atoms with Crippen LogP contribution in [-0.4, -0.2) is 23.0 Å². The lowest BCUT2D eigenvalue weighted by atomic mass is 10.2. The van der Waals surface area contributed by atoms with Crippen molar-refractivity contribution in [2.24, 2.45) is 0 Å². The van der Waals surface area contributed by atoms with Crippen molar-refractivity contribution in [2.45, 2.75) is 6.61 Å². The molecule has 3 rings (SSSR count). The van der Waals surface area contributed by atoms with Gasteiger partial charge in [0.15, 0.2) is 0 Å². The molecule has 0 bridgehead atoms. The average molecular weight is 376 g/mol. The van der Waals surface area contributed by atoms with Crippen LogP contribution in [0.4, 0.5) is 10.5 Å². The number of methoxy groups -OCH3 is 1. The molecule has 8 nitrogen and oxygen atoms in total. The molecule has 1 N–H and O–H groups in total. The number of nitrogens with one attached hydrogen (secondary N) is 1. The molecule has 9 heteroatoms. The zero-order valence-corrected chi connectivity index (χ0v) is 14.4. The summed E-state index contributed by atoms with van der Waals surface area (Å²) in [5.41, 5.74) is 1.78. The molecule has 134 valence electrons. The molecule has 0 fully saturated rings. The summed E-state index contributed by atoms with van der Waals surface area (Å²) in [6.45, 7) is 0.120. The molecular formula is C17H14ClN3O5. The van der Waals surface area contributed by atoms with Gasteiger partial charge >= 0.3 is 17.9 Å². The third kappa shape index (κ3) is 4.22. The fourth-order valence-electron chi connectivity index (χ4n) is 2.08. The van der Waals surface area contributed by atoms with Crippen LogP contribution in [0.3, 0.4) is 0 Å². The molecule has 0 aliphatic carbocycles. The van der Waals surface area contributed by atoms with Gasteiger partial charge in [-0.25, -0.2) is 9.59 Å². The lowest BCUT2D eigenvalue weighted by Gasteiger charge is -2.08. The molecule has 0 saturated carbocycles. The quantitative estimate of drug-likeness (QED) is 0.735. The molecule has 0 aliphatic rings. The summed E-state index contributed by atoms with van der Waals surface area (Å²) in [5, 5.41) is 7.06. The number of carbonyl (C=O) groups is 1. The molecule has 0 atom stereocenters. The van der Waals surface area contributed by atoms with E-state index < -0.39 is 11.8 Å². The Morgan fingerprint density at radius 2 is 1.88 bits per heavy atom. The van der Waals surface area contributed by atoms with Gasteiger partial charge in [-0.1, -0.05) is 28.8 Å². The van der Waals surface area contributed by atoms with E-state index in [4.69, 9.17) is 25.5 Å². The van der Waals surface area contributed by atoms with Gasteiger partial charge in [-0.05, 0) is 42.0 Å². The Hall–Kier alpha value is -3.26. The van der Waals surface area contributed by atoms with Gasteiger partial charge in [0, 0.05) is 10.7 Å². The number of amides is 1. The summed E-state index contributed by atoms with van der Waals surface area (Å²) >= 11 is 5.80. The number of hydrogen-bond acceptors (Lipinski definition) is 6. The first-order valence-corrected chi connectivity index (χ1v) is 7.86. The number of ether oxygens (including phenoxy) is 2. The van der Waals surface area contributed by atoms with Crippen LogP contribution in [-0.2, 0) is 11.3 Å². The maximum Gasteiger partial charge on any atom is 0.444 e. The first-order valence-electron chi connectivity index (χ1n) is 7.48. The molecule has 1 aromatic heterocycles. The minimum atomic E-state index is -0.676. The number of benzene rings is 2. The van der Waals surface area contributed by atoms with Crippen LogP contribution in [0.15, 0.2) is 57.7 Å². The van der Waals surface area contributed by atoms with Gasteiger partial charge in [0.1, 0.15) is 6.61 Å². The minimum Gasteiger partial charge on any atom is -0.452 e. The first-order chi connectivity index (χ1) is 12.5. The third-order valence-corrected chi connectivity index (χ3v) is 3.60. The zero-order chi connectivity index (χ0) is 18.5. The summed E-state index contributed by atoms with van der Waals surface area (Å²) in [6.07, 6.45) is -0.740. The second kappa shape index (κ2) is 7.75. The Morgan fingerprint density at radius 1 is 1.19 bits per heavy atom. The Labute approximate surface area is 152 Å². The molecular weight excluding hydrogens is 362 g/mol. The number of halogens is 1. The summed E-state index contributed by atoms with van der Waals surface area (Å²) in [6, 6.07) is 13.4. The molecule has 1 heterocycles. The second-order valence-corrected chi connectivity index (χ2v) is 5.56. The van der Waals surface area contributed by atoms with Crippen molar-refractivity contribution in [3.05, 3.63) is 69.7 Å². The SMILES string of the molecule is COc1nn(-c2ccc(NC(=O)OCc3ccc(Cl)cc3)cc2)c(=O)o1. The lowest BCUT2D eigenvalue weighted by Crippen LogP contribution is -2.15. The standard InChI is InChI=1S/C17H14ClN3O5/c1-24-16-20-21(17(23)26-16)14-8-6-13(7-9-14)19-15(22)25-10-11-2-4-12(18)5-3-11/h2-9H,10H2,1H3,(H,19,22). The van der Waals surface area contributed by atoms with E-state index in [1.165, 1.54) is 7.11 Å². The van der Waals surface area contributed by atoms with Gasteiger partial charge in [-0.3, -0.25) is 5.32 Å². The molecule has 0 saturated heterocycles. The fourth-order valence-corrected chi connectivity index (χ4v) is 2.20.